The van der Waals surface area contributed by atoms with Crippen LogP contribution in [0.3, 0.4) is 0 Å². The van der Waals surface area contributed by atoms with Crippen LogP contribution in [0.1, 0.15) is 23.6 Å². The monoisotopic (exact) mass is 223 g/mol. The summed E-state index contributed by atoms with van der Waals surface area (Å²) in [4.78, 5) is 7.32. The number of hydrogen-bond acceptors (Lipinski definition) is 1. The Morgan fingerprint density at radius 1 is 1.06 bits per heavy atom. The van der Waals surface area contributed by atoms with Gasteiger partial charge in [-0.05, 0) is 36.2 Å². The molecule has 0 aliphatic heterocycles. The Morgan fingerprint density at radius 2 is 1.65 bits per heavy atom. The van der Waals surface area contributed by atoms with Crippen LogP contribution < -0.4 is 0 Å². The molecular weight excluding hydrogens is 210 g/mol. The van der Waals surface area contributed by atoms with Crippen molar-refractivity contribution >= 4 is 5.71 Å². The van der Waals surface area contributed by atoms with E-state index in [0.717, 1.165) is 17.5 Å². The molecule has 1 heterocycles. The Bertz CT molecular complexity index is 537. The molecular formula is C14H13N3. The number of benzene rings is 1. The van der Waals surface area contributed by atoms with Gasteiger partial charge in [-0.25, -0.2) is 0 Å². The predicted octanol–water partition coefficient (Wildman–Crippen LogP) is 2.71. The molecule has 0 atom stereocenters. The maximum Gasteiger partial charge on any atom is 0.329 e. The maximum atomic E-state index is 9.13. The fourth-order valence-electron chi connectivity index (χ4n) is 1.69. The molecule has 1 aromatic carbocycles. The van der Waals surface area contributed by atoms with Gasteiger partial charge < -0.3 is 5.53 Å². The fourth-order valence-corrected chi connectivity index (χ4v) is 1.69. The van der Waals surface area contributed by atoms with Crippen LogP contribution in [0.2, 0.25) is 0 Å². The summed E-state index contributed by atoms with van der Waals surface area (Å²) in [6.07, 6.45) is 4.36. The van der Waals surface area contributed by atoms with Crippen LogP contribution in [0.4, 0.5) is 0 Å². The van der Waals surface area contributed by atoms with E-state index in [-0.39, 0.29) is 0 Å². The van der Waals surface area contributed by atoms with Crippen molar-refractivity contribution in [3.05, 3.63) is 71.0 Å². The molecule has 0 saturated heterocycles. The van der Waals surface area contributed by atoms with E-state index in [2.05, 4.69) is 16.7 Å². The van der Waals surface area contributed by atoms with E-state index in [1.165, 1.54) is 5.56 Å². The van der Waals surface area contributed by atoms with E-state index in [9.17, 15) is 0 Å². The summed E-state index contributed by atoms with van der Waals surface area (Å²) < 4.78 is 0. The van der Waals surface area contributed by atoms with Gasteiger partial charge in [0.25, 0.3) is 0 Å². The van der Waals surface area contributed by atoms with Crippen molar-refractivity contribution in [2.24, 2.45) is 0 Å². The first-order valence-corrected chi connectivity index (χ1v) is 5.57. The molecule has 0 aliphatic rings. The first-order chi connectivity index (χ1) is 8.35. The van der Waals surface area contributed by atoms with Crippen molar-refractivity contribution in [1.82, 2.24) is 4.98 Å². The minimum Gasteiger partial charge on any atom is -0.361 e. The average molecular weight is 223 g/mol. The highest BCUT2D eigenvalue weighted by Crippen LogP contribution is 2.10. The molecule has 17 heavy (non-hydrogen) atoms. The molecule has 2 rings (SSSR count). The first-order valence-electron chi connectivity index (χ1n) is 5.57. The van der Waals surface area contributed by atoms with E-state index in [4.69, 9.17) is 5.53 Å². The van der Waals surface area contributed by atoms with Crippen LogP contribution in [0, 0.1) is 0 Å². The summed E-state index contributed by atoms with van der Waals surface area (Å²) in [6.45, 7) is 2.11. The van der Waals surface area contributed by atoms with Gasteiger partial charge in [0.05, 0.1) is 11.1 Å². The number of pyridine rings is 1. The Hall–Kier alpha value is -2.25. The van der Waals surface area contributed by atoms with Gasteiger partial charge in [0.15, 0.2) is 0 Å². The Labute approximate surface area is 100 Å². The minimum atomic E-state index is 0.565. The Kier molecular flexibility index (Phi) is 3.43. The van der Waals surface area contributed by atoms with Crippen LogP contribution in [0.5, 0.6) is 0 Å². The number of nitrogens with zero attached hydrogens (tertiary/aromatic N) is 3. The van der Waals surface area contributed by atoms with E-state index >= 15 is 0 Å². The summed E-state index contributed by atoms with van der Waals surface area (Å²) in [6, 6.07) is 11.7. The fraction of sp³-hybridized carbons (Fsp3) is 0.143. The van der Waals surface area contributed by atoms with Gasteiger partial charge in [0.2, 0.25) is 0 Å². The lowest BCUT2D eigenvalue weighted by Crippen LogP contribution is -2.04. The second kappa shape index (κ2) is 5.19. The predicted molar refractivity (Wildman–Crippen MR) is 66.9 cm³/mol. The lowest BCUT2D eigenvalue weighted by Gasteiger charge is -1.99. The van der Waals surface area contributed by atoms with Crippen LogP contribution in [0.25, 0.3) is 5.53 Å². The third kappa shape index (κ3) is 2.47. The van der Waals surface area contributed by atoms with Crippen LogP contribution in [-0.4, -0.2) is 15.5 Å². The largest absolute Gasteiger partial charge is 0.361 e. The van der Waals surface area contributed by atoms with Gasteiger partial charge in [-0.3, -0.25) is 4.98 Å². The zero-order chi connectivity index (χ0) is 12.1. The number of aryl methyl sites for hydroxylation is 1. The number of aromatic nitrogens is 1. The lowest BCUT2D eigenvalue weighted by atomic mass is 10.0. The summed E-state index contributed by atoms with van der Waals surface area (Å²) in [7, 11) is 0. The molecule has 0 amide bonds. The third-order valence-electron chi connectivity index (χ3n) is 2.69. The van der Waals surface area contributed by atoms with Gasteiger partial charge >= 0.3 is 5.71 Å². The average Bonchev–Trinajstić information content (AvgIpc) is 2.42. The van der Waals surface area contributed by atoms with Gasteiger partial charge in [-0.15, -0.1) is 0 Å². The van der Waals surface area contributed by atoms with E-state index < -0.39 is 0 Å². The van der Waals surface area contributed by atoms with Crippen LogP contribution in [0.15, 0.2) is 48.8 Å². The molecule has 0 unspecified atom stereocenters. The summed E-state index contributed by atoms with van der Waals surface area (Å²) in [5, 5.41) is 0. The van der Waals surface area contributed by atoms with Crippen molar-refractivity contribution in [3.8, 4) is 0 Å². The van der Waals surface area contributed by atoms with Crippen LogP contribution >= 0.6 is 0 Å². The minimum absolute atomic E-state index is 0.565. The van der Waals surface area contributed by atoms with Crippen molar-refractivity contribution in [3.63, 3.8) is 0 Å². The molecule has 1 aromatic heterocycles. The number of hydrogen-bond donors (Lipinski definition) is 0. The van der Waals surface area contributed by atoms with E-state index in [0.29, 0.717) is 5.71 Å². The molecule has 0 radical (unpaired) electrons. The van der Waals surface area contributed by atoms with Gasteiger partial charge in [-0.2, -0.15) is 4.79 Å². The van der Waals surface area contributed by atoms with Gasteiger partial charge in [0, 0.05) is 12.4 Å². The summed E-state index contributed by atoms with van der Waals surface area (Å²) in [5.41, 5.74) is 12.7. The molecule has 0 spiro atoms. The smallest absolute Gasteiger partial charge is 0.329 e. The SMILES string of the molecule is CCc1ccc(C(=[N+]=[N-])c2ccncc2)cc1. The highest BCUT2D eigenvalue weighted by molar-refractivity contribution is 6.09. The molecule has 0 bridgehead atoms. The highest BCUT2D eigenvalue weighted by Gasteiger charge is 2.14. The number of rotatable bonds is 3. The molecule has 0 N–H and O–H groups in total. The summed E-state index contributed by atoms with van der Waals surface area (Å²) in [5.74, 6) is 0. The Balaban J connectivity index is 2.40. The van der Waals surface area contributed by atoms with E-state index in [1.54, 1.807) is 12.4 Å². The molecule has 0 fully saturated rings. The molecule has 0 saturated carbocycles. The van der Waals surface area contributed by atoms with E-state index in [1.807, 2.05) is 36.4 Å². The van der Waals surface area contributed by atoms with Crippen LogP contribution in [-0.2, 0) is 6.42 Å². The lowest BCUT2D eigenvalue weighted by molar-refractivity contribution is -0.00279. The third-order valence-corrected chi connectivity index (χ3v) is 2.69. The maximum absolute atomic E-state index is 9.13. The van der Waals surface area contributed by atoms with Gasteiger partial charge in [0.1, 0.15) is 0 Å². The topological polar surface area (TPSA) is 49.3 Å². The molecule has 2 aromatic rings. The molecule has 0 aliphatic carbocycles. The Morgan fingerprint density at radius 3 is 2.18 bits per heavy atom. The van der Waals surface area contributed by atoms with Crippen molar-refractivity contribution in [2.45, 2.75) is 13.3 Å². The molecule has 3 nitrogen and oxygen atoms in total. The zero-order valence-corrected chi connectivity index (χ0v) is 9.67. The quantitative estimate of drug-likeness (QED) is 0.448. The second-order valence-electron chi connectivity index (χ2n) is 3.73. The van der Waals surface area contributed by atoms with Crippen molar-refractivity contribution in [1.29, 1.82) is 0 Å². The van der Waals surface area contributed by atoms with Crippen molar-refractivity contribution in [2.75, 3.05) is 0 Å². The standard InChI is InChI=1S/C14H13N3/c1-2-11-3-5-12(6-4-11)14(17-15)13-7-9-16-10-8-13/h3-10H,2H2,1H3. The molecule has 3 heteroatoms. The summed E-state index contributed by atoms with van der Waals surface area (Å²) >= 11 is 0. The zero-order valence-electron chi connectivity index (χ0n) is 9.67. The first kappa shape index (κ1) is 11.2. The van der Waals surface area contributed by atoms with Crippen molar-refractivity contribution < 1.29 is 4.79 Å². The van der Waals surface area contributed by atoms with Gasteiger partial charge in [-0.1, -0.05) is 19.1 Å². The highest BCUT2D eigenvalue weighted by atomic mass is 14.9. The molecule has 84 valence electrons. The normalized spacial score (nSPS) is 9.71. The second-order valence-corrected chi connectivity index (χ2v) is 3.73.